The zero-order valence-corrected chi connectivity index (χ0v) is 9.10. The zero-order valence-electron chi connectivity index (χ0n) is 9.10. The van der Waals surface area contributed by atoms with Crippen LogP contribution in [0, 0.1) is 5.92 Å². The lowest BCUT2D eigenvalue weighted by atomic mass is 9.87. The van der Waals surface area contributed by atoms with Crippen LogP contribution in [0.15, 0.2) is 0 Å². The fraction of sp³-hybridized carbons (Fsp3) is 0.909. The molecular weight excluding hydrogens is 202 g/mol. The molecule has 0 radical (unpaired) electrons. The summed E-state index contributed by atoms with van der Waals surface area (Å²) in [6.07, 6.45) is 1.97. The van der Waals surface area contributed by atoms with E-state index in [1.165, 1.54) is 0 Å². The first-order chi connectivity index (χ1) is 7.05. The van der Waals surface area contributed by atoms with Crippen LogP contribution in [0.2, 0.25) is 0 Å². The van der Waals surface area contributed by atoms with E-state index in [1.54, 1.807) is 0 Å². The second kappa shape index (κ2) is 5.42. The van der Waals surface area contributed by atoms with Gasteiger partial charge in [0.2, 0.25) is 5.92 Å². The molecule has 0 heterocycles. The molecule has 0 bridgehead atoms. The highest BCUT2D eigenvalue weighted by Crippen LogP contribution is 2.36. The summed E-state index contributed by atoms with van der Waals surface area (Å²) >= 11 is 0. The van der Waals surface area contributed by atoms with E-state index in [2.05, 4.69) is 0 Å². The molecule has 1 saturated carbocycles. The van der Waals surface area contributed by atoms with Crippen molar-refractivity contribution in [1.82, 2.24) is 0 Å². The van der Waals surface area contributed by atoms with Gasteiger partial charge in [-0.05, 0) is 19.3 Å². The summed E-state index contributed by atoms with van der Waals surface area (Å²) in [6, 6.07) is 0. The van der Waals surface area contributed by atoms with Crippen LogP contribution in [-0.2, 0) is 9.53 Å². The summed E-state index contributed by atoms with van der Waals surface area (Å²) in [5.41, 5.74) is 0. The van der Waals surface area contributed by atoms with Crippen molar-refractivity contribution >= 4 is 5.97 Å². The maximum atomic E-state index is 12.8. The standard InChI is InChI=1S/C11H18F2O2/c1-2-3-8-15-10(14)9-4-6-11(12,13)7-5-9/h9H,2-8H2,1H3. The van der Waals surface area contributed by atoms with Crippen molar-refractivity contribution in [2.24, 2.45) is 5.92 Å². The van der Waals surface area contributed by atoms with Crippen LogP contribution >= 0.6 is 0 Å². The molecule has 15 heavy (non-hydrogen) atoms. The summed E-state index contributed by atoms with van der Waals surface area (Å²) in [4.78, 5) is 11.4. The summed E-state index contributed by atoms with van der Waals surface area (Å²) in [5, 5.41) is 0. The SMILES string of the molecule is CCCCOC(=O)C1CCC(F)(F)CC1. The Bertz CT molecular complexity index is 207. The van der Waals surface area contributed by atoms with Gasteiger partial charge < -0.3 is 4.74 Å². The van der Waals surface area contributed by atoms with Gasteiger partial charge in [-0.25, -0.2) is 8.78 Å². The van der Waals surface area contributed by atoms with E-state index in [9.17, 15) is 13.6 Å². The van der Waals surface area contributed by atoms with Gasteiger partial charge in [0.1, 0.15) is 0 Å². The minimum atomic E-state index is -2.57. The number of ether oxygens (including phenoxy) is 1. The number of hydrogen-bond donors (Lipinski definition) is 0. The van der Waals surface area contributed by atoms with Gasteiger partial charge in [0, 0.05) is 12.8 Å². The lowest BCUT2D eigenvalue weighted by Crippen LogP contribution is -2.29. The van der Waals surface area contributed by atoms with E-state index in [0.29, 0.717) is 6.61 Å². The first-order valence-electron chi connectivity index (χ1n) is 5.59. The molecular formula is C11H18F2O2. The van der Waals surface area contributed by atoms with Crippen molar-refractivity contribution in [2.45, 2.75) is 51.4 Å². The quantitative estimate of drug-likeness (QED) is 0.537. The molecule has 1 rings (SSSR count). The maximum absolute atomic E-state index is 12.8. The van der Waals surface area contributed by atoms with Crippen LogP contribution in [0.4, 0.5) is 8.78 Å². The van der Waals surface area contributed by atoms with Crippen molar-refractivity contribution in [3.8, 4) is 0 Å². The summed E-state index contributed by atoms with van der Waals surface area (Å²) in [5.74, 6) is -3.17. The van der Waals surface area contributed by atoms with Crippen molar-refractivity contribution in [3.05, 3.63) is 0 Å². The Morgan fingerprint density at radius 1 is 1.40 bits per heavy atom. The van der Waals surface area contributed by atoms with Crippen molar-refractivity contribution in [1.29, 1.82) is 0 Å². The third kappa shape index (κ3) is 4.14. The van der Waals surface area contributed by atoms with Crippen molar-refractivity contribution < 1.29 is 18.3 Å². The number of hydrogen-bond acceptors (Lipinski definition) is 2. The van der Waals surface area contributed by atoms with Gasteiger partial charge in [-0.1, -0.05) is 13.3 Å². The van der Waals surface area contributed by atoms with Crippen LogP contribution in [-0.4, -0.2) is 18.5 Å². The Kier molecular flexibility index (Phi) is 4.48. The van der Waals surface area contributed by atoms with E-state index < -0.39 is 5.92 Å². The Balaban J connectivity index is 2.24. The van der Waals surface area contributed by atoms with Gasteiger partial charge in [-0.2, -0.15) is 0 Å². The molecule has 0 aromatic carbocycles. The molecule has 4 heteroatoms. The fourth-order valence-corrected chi connectivity index (χ4v) is 1.71. The van der Waals surface area contributed by atoms with E-state index in [1.807, 2.05) is 6.92 Å². The molecule has 0 aliphatic heterocycles. The molecule has 0 amide bonds. The predicted octanol–water partition coefficient (Wildman–Crippen LogP) is 3.16. The molecule has 0 saturated heterocycles. The summed E-state index contributed by atoms with van der Waals surface area (Å²) in [7, 11) is 0. The van der Waals surface area contributed by atoms with E-state index >= 15 is 0 Å². The van der Waals surface area contributed by atoms with Gasteiger partial charge in [0.25, 0.3) is 0 Å². The van der Waals surface area contributed by atoms with E-state index in [4.69, 9.17) is 4.74 Å². The lowest BCUT2D eigenvalue weighted by Gasteiger charge is -2.26. The number of carbonyl (C=O) groups excluding carboxylic acids is 1. The first kappa shape index (κ1) is 12.4. The smallest absolute Gasteiger partial charge is 0.308 e. The van der Waals surface area contributed by atoms with Crippen LogP contribution < -0.4 is 0 Å². The molecule has 0 unspecified atom stereocenters. The average Bonchev–Trinajstić information content (AvgIpc) is 2.18. The predicted molar refractivity (Wildman–Crippen MR) is 52.8 cm³/mol. The molecule has 0 atom stereocenters. The molecule has 0 spiro atoms. The summed E-state index contributed by atoms with van der Waals surface area (Å²) in [6.45, 7) is 2.43. The normalized spacial score (nSPS) is 21.3. The Morgan fingerprint density at radius 2 is 2.00 bits per heavy atom. The second-order valence-electron chi connectivity index (χ2n) is 4.15. The largest absolute Gasteiger partial charge is 0.465 e. The minimum Gasteiger partial charge on any atom is -0.465 e. The van der Waals surface area contributed by atoms with Crippen molar-refractivity contribution in [2.75, 3.05) is 6.61 Å². The van der Waals surface area contributed by atoms with Gasteiger partial charge in [0.05, 0.1) is 12.5 Å². The molecule has 0 N–H and O–H groups in total. The Labute approximate surface area is 89.0 Å². The molecule has 88 valence electrons. The highest BCUT2D eigenvalue weighted by molar-refractivity contribution is 5.72. The van der Waals surface area contributed by atoms with Gasteiger partial charge in [-0.3, -0.25) is 4.79 Å². The number of halogens is 2. The monoisotopic (exact) mass is 220 g/mol. The minimum absolute atomic E-state index is 0.180. The van der Waals surface area contributed by atoms with Gasteiger partial charge >= 0.3 is 5.97 Å². The average molecular weight is 220 g/mol. The van der Waals surface area contributed by atoms with Crippen molar-refractivity contribution in [3.63, 3.8) is 0 Å². The number of carbonyl (C=O) groups is 1. The van der Waals surface area contributed by atoms with E-state index in [0.717, 1.165) is 12.8 Å². The highest BCUT2D eigenvalue weighted by Gasteiger charge is 2.37. The third-order valence-corrected chi connectivity index (χ3v) is 2.79. The Hall–Kier alpha value is -0.670. The van der Waals surface area contributed by atoms with Crippen LogP contribution in [0.1, 0.15) is 45.4 Å². The molecule has 0 aromatic rings. The zero-order chi connectivity index (χ0) is 11.3. The number of unbranched alkanes of at least 4 members (excludes halogenated alkanes) is 1. The van der Waals surface area contributed by atoms with Gasteiger partial charge in [-0.15, -0.1) is 0 Å². The molecule has 1 fully saturated rings. The topological polar surface area (TPSA) is 26.3 Å². The summed E-state index contributed by atoms with van der Waals surface area (Å²) < 4.78 is 30.6. The third-order valence-electron chi connectivity index (χ3n) is 2.79. The van der Waals surface area contributed by atoms with E-state index in [-0.39, 0.29) is 37.6 Å². The number of alkyl halides is 2. The fourth-order valence-electron chi connectivity index (χ4n) is 1.71. The lowest BCUT2D eigenvalue weighted by molar-refractivity contribution is -0.152. The number of rotatable bonds is 4. The number of esters is 1. The van der Waals surface area contributed by atoms with Crippen LogP contribution in [0.25, 0.3) is 0 Å². The molecule has 2 nitrogen and oxygen atoms in total. The second-order valence-corrected chi connectivity index (χ2v) is 4.15. The van der Waals surface area contributed by atoms with Gasteiger partial charge in [0.15, 0.2) is 0 Å². The highest BCUT2D eigenvalue weighted by atomic mass is 19.3. The first-order valence-corrected chi connectivity index (χ1v) is 5.59. The maximum Gasteiger partial charge on any atom is 0.308 e. The van der Waals surface area contributed by atoms with Crippen LogP contribution in [0.5, 0.6) is 0 Å². The van der Waals surface area contributed by atoms with Crippen LogP contribution in [0.3, 0.4) is 0 Å². The molecule has 1 aliphatic carbocycles. The molecule has 1 aliphatic rings. The Morgan fingerprint density at radius 3 is 2.53 bits per heavy atom. The molecule has 0 aromatic heterocycles.